The number of hydrogen-bond acceptors (Lipinski definition) is 11. The van der Waals surface area contributed by atoms with Crippen molar-refractivity contribution in [1.29, 1.82) is 0 Å². The second kappa shape index (κ2) is 7.03. The Hall–Kier alpha value is -1.71. The minimum Gasteiger partial charge on any atom is -0.387 e. The number of ether oxygens (including phenoxy) is 1. The molecule has 1 saturated heterocycles. The standard InChI is InChI=1S/C11H16N5O9PS/c12-9-6-10(14-2-13-9)16(3-15-6)11-8(18)7(17)5(25-11)1-24-26(19,20)4-27(21,22)23/h2-3,5,7-8,11,17-18H,1,4H2,(H,19,20)(H2,12,13,14)(H,21,22,23)/t5-,7+,8?,11-/m1/s1. The lowest BCUT2D eigenvalue weighted by Gasteiger charge is -2.17. The first kappa shape index (κ1) is 20.0. The Labute approximate surface area is 151 Å². The molecule has 1 fully saturated rings. The first-order chi connectivity index (χ1) is 12.5. The average Bonchev–Trinajstić information content (AvgIpc) is 3.07. The van der Waals surface area contributed by atoms with Crippen LogP contribution in [-0.2, 0) is 23.9 Å². The Kier molecular flexibility index (Phi) is 5.22. The predicted molar refractivity (Wildman–Crippen MR) is 87.9 cm³/mol. The number of imidazole rings is 1. The van der Waals surface area contributed by atoms with Crippen LogP contribution in [0.15, 0.2) is 12.7 Å². The second-order valence-corrected chi connectivity index (χ2v) is 9.50. The van der Waals surface area contributed by atoms with Gasteiger partial charge in [0.05, 0.1) is 12.9 Å². The Morgan fingerprint density at radius 2 is 2.00 bits per heavy atom. The molecule has 2 aromatic rings. The number of aliphatic hydroxyl groups excluding tert-OH is 2. The van der Waals surface area contributed by atoms with Gasteiger partial charge < -0.3 is 30.1 Å². The fraction of sp³-hybridized carbons (Fsp3) is 0.545. The van der Waals surface area contributed by atoms with Crippen molar-refractivity contribution < 1.29 is 41.9 Å². The van der Waals surface area contributed by atoms with Crippen LogP contribution in [0.4, 0.5) is 5.82 Å². The first-order valence-corrected chi connectivity index (χ1v) is 10.7. The number of aromatic nitrogens is 4. The van der Waals surface area contributed by atoms with Crippen LogP contribution >= 0.6 is 7.60 Å². The molecule has 27 heavy (non-hydrogen) atoms. The van der Waals surface area contributed by atoms with Gasteiger partial charge in [-0.05, 0) is 0 Å². The molecule has 2 unspecified atom stereocenters. The fourth-order valence-corrected chi connectivity index (χ4v) is 4.91. The van der Waals surface area contributed by atoms with Crippen molar-refractivity contribution in [2.24, 2.45) is 0 Å². The van der Waals surface area contributed by atoms with E-state index in [1.165, 1.54) is 17.2 Å². The molecule has 0 aliphatic carbocycles. The van der Waals surface area contributed by atoms with Gasteiger partial charge in [0.2, 0.25) is 0 Å². The van der Waals surface area contributed by atoms with Gasteiger partial charge in [0.25, 0.3) is 10.1 Å². The number of fused-ring (bicyclic) bond motifs is 1. The topological polar surface area (TPSA) is 220 Å². The van der Waals surface area contributed by atoms with E-state index in [0.29, 0.717) is 0 Å². The molecule has 0 bridgehead atoms. The van der Waals surface area contributed by atoms with Crippen LogP contribution in [0.5, 0.6) is 0 Å². The van der Waals surface area contributed by atoms with Crippen LogP contribution in [0.3, 0.4) is 0 Å². The van der Waals surface area contributed by atoms with E-state index in [1.54, 1.807) is 0 Å². The third-order valence-corrected chi connectivity index (χ3v) is 6.93. The lowest BCUT2D eigenvalue weighted by atomic mass is 10.1. The Balaban J connectivity index is 1.76. The fourth-order valence-electron chi connectivity index (χ4n) is 2.59. The van der Waals surface area contributed by atoms with Crippen molar-refractivity contribution in [3.8, 4) is 0 Å². The highest BCUT2D eigenvalue weighted by Gasteiger charge is 2.45. The number of nitrogens with zero attached hydrogens (tertiary/aromatic N) is 4. The molecule has 2 aromatic heterocycles. The summed E-state index contributed by atoms with van der Waals surface area (Å²) in [6.45, 7) is -0.720. The van der Waals surface area contributed by atoms with Crippen LogP contribution in [0, 0.1) is 0 Å². The third-order valence-electron chi connectivity index (χ3n) is 3.77. The normalized spacial score (nSPS) is 28.4. The van der Waals surface area contributed by atoms with Gasteiger partial charge in [-0.15, -0.1) is 0 Å². The van der Waals surface area contributed by atoms with E-state index < -0.39 is 54.4 Å². The van der Waals surface area contributed by atoms with Gasteiger partial charge in [-0.2, -0.15) is 8.42 Å². The zero-order valence-corrected chi connectivity index (χ0v) is 15.1. The van der Waals surface area contributed by atoms with E-state index in [9.17, 15) is 28.1 Å². The van der Waals surface area contributed by atoms with E-state index in [-0.39, 0.29) is 17.0 Å². The molecule has 1 aliphatic heterocycles. The average molecular weight is 425 g/mol. The van der Waals surface area contributed by atoms with Crippen LogP contribution in [0.1, 0.15) is 6.23 Å². The van der Waals surface area contributed by atoms with Crippen molar-refractivity contribution in [2.75, 3.05) is 17.8 Å². The number of hydrogen-bond donors (Lipinski definition) is 5. The largest absolute Gasteiger partial charge is 0.387 e. The minimum atomic E-state index is -4.76. The monoisotopic (exact) mass is 425 g/mol. The lowest BCUT2D eigenvalue weighted by Crippen LogP contribution is -2.33. The minimum absolute atomic E-state index is 0.0955. The van der Waals surface area contributed by atoms with Crippen LogP contribution in [0.2, 0.25) is 0 Å². The molecule has 0 radical (unpaired) electrons. The summed E-state index contributed by atoms with van der Waals surface area (Å²) in [6.07, 6.45) is -3.03. The lowest BCUT2D eigenvalue weighted by molar-refractivity contribution is -0.0483. The highest BCUT2D eigenvalue weighted by Crippen LogP contribution is 2.44. The van der Waals surface area contributed by atoms with Crippen molar-refractivity contribution in [2.45, 2.75) is 24.5 Å². The molecule has 3 rings (SSSR count). The number of rotatable bonds is 6. The number of nitrogen functional groups attached to an aromatic ring is 1. The van der Waals surface area contributed by atoms with E-state index >= 15 is 0 Å². The summed E-state index contributed by atoms with van der Waals surface area (Å²) in [4.78, 5) is 21.2. The van der Waals surface area contributed by atoms with Gasteiger partial charge in [0, 0.05) is 0 Å². The molecule has 0 amide bonds. The molecule has 6 N–H and O–H groups in total. The third kappa shape index (κ3) is 4.25. The van der Waals surface area contributed by atoms with E-state index in [1.807, 2.05) is 0 Å². The maximum Gasteiger partial charge on any atom is 0.345 e. The molecule has 5 atom stereocenters. The van der Waals surface area contributed by atoms with Crippen LogP contribution < -0.4 is 5.73 Å². The van der Waals surface area contributed by atoms with E-state index in [4.69, 9.17) is 15.0 Å². The predicted octanol–water partition coefficient (Wildman–Crippen LogP) is -1.92. The Bertz CT molecular complexity index is 997. The molecular formula is C11H16N5O9PS. The van der Waals surface area contributed by atoms with Crippen molar-refractivity contribution in [3.63, 3.8) is 0 Å². The number of nitrogens with two attached hydrogens (primary N) is 1. The van der Waals surface area contributed by atoms with E-state index in [2.05, 4.69) is 19.5 Å². The maximum absolute atomic E-state index is 11.6. The summed E-state index contributed by atoms with van der Waals surface area (Å²) in [5.74, 6) is 0.0955. The Morgan fingerprint density at radius 3 is 2.67 bits per heavy atom. The smallest absolute Gasteiger partial charge is 0.345 e. The first-order valence-electron chi connectivity index (χ1n) is 7.34. The number of anilines is 1. The van der Waals surface area contributed by atoms with Crippen LogP contribution in [0.25, 0.3) is 11.2 Å². The SMILES string of the molecule is Nc1ncnc2c1ncn2[C@@H]1O[C@H](COP(=O)(O)CS(=O)(=O)O)[C@H](O)C1O. The molecule has 3 heterocycles. The van der Waals surface area contributed by atoms with Gasteiger partial charge in [-0.3, -0.25) is 13.7 Å². The number of aliphatic hydroxyl groups is 2. The zero-order chi connectivity index (χ0) is 20.0. The van der Waals surface area contributed by atoms with Gasteiger partial charge in [-0.1, -0.05) is 0 Å². The van der Waals surface area contributed by atoms with Gasteiger partial charge in [0.15, 0.2) is 23.2 Å². The summed E-state index contributed by atoms with van der Waals surface area (Å²) >= 11 is 0. The molecule has 0 aromatic carbocycles. The summed E-state index contributed by atoms with van der Waals surface area (Å²) in [5.41, 5.74) is 4.63. The van der Waals surface area contributed by atoms with Crippen molar-refractivity contribution in [1.82, 2.24) is 19.5 Å². The molecular weight excluding hydrogens is 409 g/mol. The van der Waals surface area contributed by atoms with Crippen molar-refractivity contribution >= 4 is 34.7 Å². The zero-order valence-electron chi connectivity index (χ0n) is 13.4. The van der Waals surface area contributed by atoms with Gasteiger partial charge in [-0.25, -0.2) is 15.0 Å². The van der Waals surface area contributed by atoms with Crippen molar-refractivity contribution in [3.05, 3.63) is 12.7 Å². The Morgan fingerprint density at radius 1 is 1.30 bits per heavy atom. The quantitative estimate of drug-likeness (QED) is 0.252. The second-order valence-electron chi connectivity index (χ2n) is 5.77. The highest BCUT2D eigenvalue weighted by molar-refractivity contribution is 7.92. The highest BCUT2D eigenvalue weighted by atomic mass is 32.2. The summed E-state index contributed by atoms with van der Waals surface area (Å²) in [7, 11) is -9.46. The molecule has 14 nitrogen and oxygen atoms in total. The molecule has 0 spiro atoms. The van der Waals surface area contributed by atoms with Gasteiger partial charge in [0.1, 0.15) is 30.2 Å². The van der Waals surface area contributed by atoms with E-state index in [0.717, 1.165) is 0 Å². The van der Waals surface area contributed by atoms with Gasteiger partial charge >= 0.3 is 7.60 Å². The summed E-state index contributed by atoms with van der Waals surface area (Å²) < 4.78 is 53.0. The summed E-state index contributed by atoms with van der Waals surface area (Å²) in [5, 5.41) is 20.3. The maximum atomic E-state index is 11.6. The van der Waals surface area contributed by atoms with Crippen LogP contribution in [-0.4, -0.2) is 78.0 Å². The molecule has 150 valence electrons. The molecule has 1 aliphatic rings. The summed E-state index contributed by atoms with van der Waals surface area (Å²) in [6, 6.07) is 0. The molecule has 0 saturated carbocycles. The molecule has 16 heteroatoms.